The van der Waals surface area contributed by atoms with E-state index in [2.05, 4.69) is 5.32 Å². The van der Waals surface area contributed by atoms with Gasteiger partial charge in [0, 0.05) is 31.7 Å². The van der Waals surface area contributed by atoms with Crippen molar-refractivity contribution in [2.75, 3.05) is 13.7 Å². The van der Waals surface area contributed by atoms with Crippen molar-refractivity contribution in [2.24, 2.45) is 5.92 Å². The standard InChI is InChI=1S/C19H28N2O5/c1-26-18(25)19-12-13(19)11-14(22)7-4-2-3-5-9-16(23)21-10-6-8-15(21)17(24)20-19/h13,15H,2-12H2,1H3,(H,20,24). The fourth-order valence-corrected chi connectivity index (χ4v) is 4.33. The molecular weight excluding hydrogens is 336 g/mol. The van der Waals surface area contributed by atoms with Gasteiger partial charge in [-0.1, -0.05) is 12.8 Å². The molecule has 1 saturated carbocycles. The lowest BCUT2D eigenvalue weighted by Gasteiger charge is -2.26. The van der Waals surface area contributed by atoms with Crippen molar-refractivity contribution in [2.45, 2.75) is 75.8 Å². The summed E-state index contributed by atoms with van der Waals surface area (Å²) in [6.07, 6.45) is 6.48. The normalized spacial score (nSPS) is 33.4. The Labute approximate surface area is 153 Å². The van der Waals surface area contributed by atoms with Crippen LogP contribution in [0.4, 0.5) is 0 Å². The van der Waals surface area contributed by atoms with E-state index in [-0.39, 0.29) is 23.5 Å². The number of nitrogens with zero attached hydrogens (tertiary/aromatic N) is 1. The van der Waals surface area contributed by atoms with Crippen LogP contribution in [0.1, 0.15) is 64.2 Å². The van der Waals surface area contributed by atoms with Gasteiger partial charge in [0.15, 0.2) is 0 Å². The number of carbonyl (C=O) groups excluding carboxylic acids is 4. The lowest BCUT2D eigenvalue weighted by Crippen LogP contribution is -2.53. The minimum Gasteiger partial charge on any atom is -0.467 e. The van der Waals surface area contributed by atoms with Gasteiger partial charge in [-0.3, -0.25) is 14.4 Å². The smallest absolute Gasteiger partial charge is 0.331 e. The summed E-state index contributed by atoms with van der Waals surface area (Å²) >= 11 is 0. The minimum absolute atomic E-state index is 0.00747. The van der Waals surface area contributed by atoms with Crippen LogP contribution in [0.2, 0.25) is 0 Å². The van der Waals surface area contributed by atoms with Gasteiger partial charge in [0.1, 0.15) is 17.4 Å². The number of Topliss-reactive ketones (excluding diaryl/α,β-unsaturated/α-hetero) is 1. The van der Waals surface area contributed by atoms with Crippen LogP contribution in [0.5, 0.6) is 0 Å². The fourth-order valence-electron chi connectivity index (χ4n) is 4.33. The molecule has 1 N–H and O–H groups in total. The molecule has 1 aliphatic carbocycles. The SMILES string of the molecule is COC(=O)C12CC1CC(=O)CCCCCCC(=O)N1CCCC1C(=O)N2. The topological polar surface area (TPSA) is 92.8 Å². The second-order valence-electron chi connectivity index (χ2n) is 7.76. The molecule has 0 radical (unpaired) electrons. The van der Waals surface area contributed by atoms with Gasteiger partial charge in [-0.15, -0.1) is 0 Å². The molecule has 0 aromatic rings. The molecule has 2 amide bonds. The largest absolute Gasteiger partial charge is 0.467 e. The maximum absolute atomic E-state index is 12.8. The van der Waals surface area contributed by atoms with Crippen LogP contribution in [0.25, 0.3) is 0 Å². The Kier molecular flexibility index (Phi) is 5.63. The Morgan fingerprint density at radius 3 is 2.58 bits per heavy atom. The Bertz CT molecular complexity index is 605. The van der Waals surface area contributed by atoms with Gasteiger partial charge in [-0.25, -0.2) is 4.79 Å². The molecule has 26 heavy (non-hydrogen) atoms. The molecule has 144 valence electrons. The van der Waals surface area contributed by atoms with Gasteiger partial charge in [0.2, 0.25) is 11.8 Å². The molecule has 2 saturated heterocycles. The van der Waals surface area contributed by atoms with Gasteiger partial charge >= 0.3 is 5.97 Å². The highest BCUT2D eigenvalue weighted by molar-refractivity contribution is 5.96. The number of nitrogens with one attached hydrogen (secondary N) is 1. The van der Waals surface area contributed by atoms with E-state index in [1.807, 2.05) is 0 Å². The van der Waals surface area contributed by atoms with Crippen LogP contribution >= 0.6 is 0 Å². The summed E-state index contributed by atoms with van der Waals surface area (Å²) in [5.74, 6) is -0.867. The van der Waals surface area contributed by atoms with Crippen LogP contribution in [0.3, 0.4) is 0 Å². The summed E-state index contributed by atoms with van der Waals surface area (Å²) in [7, 11) is 1.29. The number of rotatable bonds is 1. The number of ether oxygens (including phenoxy) is 1. The molecule has 2 heterocycles. The number of fused-ring (bicyclic) bond motifs is 2. The number of hydrogen-bond donors (Lipinski definition) is 1. The zero-order valence-electron chi connectivity index (χ0n) is 15.4. The molecule has 3 fully saturated rings. The molecule has 0 aromatic carbocycles. The molecule has 0 bridgehead atoms. The van der Waals surface area contributed by atoms with Gasteiger partial charge in [-0.05, 0) is 32.1 Å². The molecule has 0 aromatic heterocycles. The fraction of sp³-hybridized carbons (Fsp3) is 0.789. The quantitative estimate of drug-likeness (QED) is 0.709. The van der Waals surface area contributed by atoms with Crippen LogP contribution in [0.15, 0.2) is 0 Å². The molecule has 3 rings (SSSR count). The number of ketones is 1. The van der Waals surface area contributed by atoms with Crippen molar-refractivity contribution in [3.63, 3.8) is 0 Å². The molecule has 7 heteroatoms. The highest BCUT2D eigenvalue weighted by atomic mass is 16.5. The Hall–Kier alpha value is -1.92. The first-order valence-electron chi connectivity index (χ1n) is 9.69. The van der Waals surface area contributed by atoms with Crippen molar-refractivity contribution < 1.29 is 23.9 Å². The van der Waals surface area contributed by atoms with Crippen molar-refractivity contribution in [3.05, 3.63) is 0 Å². The zero-order chi connectivity index (χ0) is 18.7. The maximum Gasteiger partial charge on any atom is 0.331 e. The lowest BCUT2D eigenvalue weighted by atomic mass is 10.0. The highest BCUT2D eigenvalue weighted by Crippen LogP contribution is 2.47. The summed E-state index contributed by atoms with van der Waals surface area (Å²) in [5.41, 5.74) is -1.10. The summed E-state index contributed by atoms with van der Waals surface area (Å²) < 4.78 is 4.89. The number of methoxy groups -OCH3 is 1. The maximum atomic E-state index is 12.8. The highest BCUT2D eigenvalue weighted by Gasteiger charge is 2.63. The van der Waals surface area contributed by atoms with E-state index in [1.165, 1.54) is 7.11 Å². The predicted octanol–water partition coefficient (Wildman–Crippen LogP) is 1.34. The van der Waals surface area contributed by atoms with Crippen molar-refractivity contribution in [3.8, 4) is 0 Å². The van der Waals surface area contributed by atoms with E-state index in [0.717, 1.165) is 32.1 Å². The van der Waals surface area contributed by atoms with Crippen LogP contribution in [-0.4, -0.2) is 53.7 Å². The third kappa shape index (κ3) is 3.76. The summed E-state index contributed by atoms with van der Waals surface area (Å²) in [5, 5.41) is 2.84. The Morgan fingerprint density at radius 1 is 1.12 bits per heavy atom. The Balaban J connectivity index is 1.78. The number of carbonyl (C=O) groups is 4. The second-order valence-corrected chi connectivity index (χ2v) is 7.76. The number of hydrogen-bond acceptors (Lipinski definition) is 5. The second kappa shape index (κ2) is 7.76. The molecule has 3 unspecified atom stereocenters. The van der Waals surface area contributed by atoms with E-state index in [1.54, 1.807) is 4.90 Å². The number of amides is 2. The number of esters is 1. The van der Waals surface area contributed by atoms with E-state index in [9.17, 15) is 19.2 Å². The summed E-state index contributed by atoms with van der Waals surface area (Å²) in [6, 6.07) is -0.522. The van der Waals surface area contributed by atoms with E-state index >= 15 is 0 Å². The molecular formula is C19H28N2O5. The van der Waals surface area contributed by atoms with Crippen LogP contribution in [-0.2, 0) is 23.9 Å². The zero-order valence-corrected chi connectivity index (χ0v) is 15.4. The minimum atomic E-state index is -1.10. The summed E-state index contributed by atoms with van der Waals surface area (Å²) in [6.45, 7) is 0.587. The first kappa shape index (κ1) is 18.9. The van der Waals surface area contributed by atoms with Crippen molar-refractivity contribution in [1.82, 2.24) is 10.2 Å². The van der Waals surface area contributed by atoms with Gasteiger partial charge in [0.05, 0.1) is 7.11 Å². The average Bonchev–Trinajstić information content (AvgIpc) is 3.07. The lowest BCUT2D eigenvalue weighted by molar-refractivity contribution is -0.148. The monoisotopic (exact) mass is 364 g/mol. The Morgan fingerprint density at radius 2 is 1.85 bits per heavy atom. The van der Waals surface area contributed by atoms with E-state index in [4.69, 9.17) is 4.74 Å². The molecule has 7 nitrogen and oxygen atoms in total. The third-order valence-electron chi connectivity index (χ3n) is 5.95. The third-order valence-corrected chi connectivity index (χ3v) is 5.95. The van der Waals surface area contributed by atoms with E-state index < -0.39 is 17.6 Å². The molecule has 0 spiro atoms. The van der Waals surface area contributed by atoms with Crippen molar-refractivity contribution in [1.29, 1.82) is 0 Å². The van der Waals surface area contributed by atoms with Crippen LogP contribution < -0.4 is 5.32 Å². The molecule has 3 aliphatic rings. The van der Waals surface area contributed by atoms with Gasteiger partial charge < -0.3 is 15.0 Å². The predicted molar refractivity (Wildman–Crippen MR) is 93.1 cm³/mol. The first-order valence-corrected chi connectivity index (χ1v) is 9.69. The van der Waals surface area contributed by atoms with Gasteiger partial charge in [0.25, 0.3) is 0 Å². The first-order chi connectivity index (χ1) is 12.5. The van der Waals surface area contributed by atoms with E-state index in [0.29, 0.717) is 38.6 Å². The van der Waals surface area contributed by atoms with Crippen LogP contribution in [0, 0.1) is 5.92 Å². The summed E-state index contributed by atoms with van der Waals surface area (Å²) in [4.78, 5) is 51.5. The van der Waals surface area contributed by atoms with Gasteiger partial charge in [-0.2, -0.15) is 0 Å². The average molecular weight is 364 g/mol. The molecule has 2 aliphatic heterocycles. The van der Waals surface area contributed by atoms with Crippen molar-refractivity contribution >= 4 is 23.6 Å². The molecule has 3 atom stereocenters.